The summed E-state index contributed by atoms with van der Waals surface area (Å²) in [4.78, 5) is 0. The van der Waals surface area contributed by atoms with Crippen LogP contribution in [-0.2, 0) is 0 Å². The minimum absolute atomic E-state index is 0.0456. The van der Waals surface area contributed by atoms with Gasteiger partial charge in [-0.2, -0.15) is 5.10 Å². The minimum atomic E-state index is -0.0456. The minimum Gasteiger partial charge on any atom is -0.393 e. The molecular formula is C26H37N3O. The lowest BCUT2D eigenvalue weighted by atomic mass is 9.44. The zero-order valence-corrected chi connectivity index (χ0v) is 18.5. The molecular weight excluding hydrogens is 370 g/mol. The first-order chi connectivity index (χ1) is 14.4. The van der Waals surface area contributed by atoms with Crippen molar-refractivity contribution >= 4 is 16.7 Å². The van der Waals surface area contributed by atoms with Crippen molar-refractivity contribution in [1.29, 1.82) is 0 Å². The number of fused-ring (bicyclic) bond motifs is 6. The maximum absolute atomic E-state index is 10.3. The molecule has 4 aliphatic carbocycles. The molecule has 4 N–H and O–H groups in total. The Morgan fingerprint density at radius 2 is 1.80 bits per heavy atom. The standard InChI is InChI=1S/C26H37N3O/c1-25-11-9-17(30)14-16(25)4-6-18-21-8-7-20(26(21,2)12-10-22(18)25)15-3-5-19-23(13-15)28-29-24(19)27/h3,5,13,16-18,20-22,30H,4,6-12,14H2,1-2H3,(H3,27,28,29)/t16-,17-,18-,20+,21-,22-,25-,26+/m0/s1. The van der Waals surface area contributed by atoms with Crippen LogP contribution in [0.25, 0.3) is 10.9 Å². The number of aromatic amines is 1. The molecule has 4 saturated carbocycles. The van der Waals surface area contributed by atoms with Crippen molar-refractivity contribution < 1.29 is 5.11 Å². The van der Waals surface area contributed by atoms with Crippen LogP contribution in [0.3, 0.4) is 0 Å². The SMILES string of the molecule is C[C@]12CC[C@H](O)C[C@@H]1CC[C@@H]1[C@@H]2CC[C@]2(C)[C@@H](c3ccc4c(N)n[nH]c4c3)CC[C@@H]12. The Morgan fingerprint density at radius 3 is 2.67 bits per heavy atom. The highest BCUT2D eigenvalue weighted by Crippen LogP contribution is 2.69. The average Bonchev–Trinajstić information content (AvgIpc) is 3.28. The number of H-pyrrole nitrogens is 1. The highest BCUT2D eigenvalue weighted by molar-refractivity contribution is 5.89. The van der Waals surface area contributed by atoms with E-state index in [0.29, 0.717) is 22.6 Å². The molecule has 2 aromatic rings. The van der Waals surface area contributed by atoms with E-state index in [1.54, 1.807) is 0 Å². The second-order valence-corrected chi connectivity index (χ2v) is 11.7. The molecule has 4 heteroatoms. The third-order valence-electron chi connectivity index (χ3n) is 10.7. The lowest BCUT2D eigenvalue weighted by molar-refractivity contribution is -0.122. The number of hydrogen-bond acceptors (Lipinski definition) is 3. The number of benzene rings is 1. The van der Waals surface area contributed by atoms with Crippen LogP contribution in [0, 0.1) is 34.5 Å². The smallest absolute Gasteiger partial charge is 0.153 e. The molecule has 0 unspecified atom stereocenters. The molecule has 4 aliphatic rings. The molecule has 0 amide bonds. The van der Waals surface area contributed by atoms with E-state index >= 15 is 0 Å². The number of nitrogen functional groups attached to an aromatic ring is 1. The molecule has 162 valence electrons. The van der Waals surface area contributed by atoms with Crippen LogP contribution >= 0.6 is 0 Å². The third kappa shape index (κ3) is 2.52. The Labute approximate surface area is 180 Å². The van der Waals surface area contributed by atoms with Gasteiger partial charge in [0.25, 0.3) is 0 Å². The summed E-state index contributed by atoms with van der Waals surface area (Å²) in [5, 5.41) is 18.6. The molecule has 0 spiro atoms. The van der Waals surface area contributed by atoms with E-state index in [1.165, 1.54) is 50.5 Å². The van der Waals surface area contributed by atoms with E-state index in [2.05, 4.69) is 42.2 Å². The van der Waals surface area contributed by atoms with Gasteiger partial charge in [0.15, 0.2) is 5.82 Å². The fraction of sp³-hybridized carbons (Fsp3) is 0.731. The molecule has 1 heterocycles. The Morgan fingerprint density at radius 1 is 1.00 bits per heavy atom. The van der Waals surface area contributed by atoms with E-state index in [-0.39, 0.29) is 6.10 Å². The Bertz CT molecular complexity index is 968. The van der Waals surface area contributed by atoms with Crippen molar-refractivity contribution in [2.45, 2.75) is 83.7 Å². The van der Waals surface area contributed by atoms with Gasteiger partial charge < -0.3 is 10.8 Å². The van der Waals surface area contributed by atoms with E-state index in [0.717, 1.165) is 47.4 Å². The number of aliphatic hydroxyl groups is 1. The van der Waals surface area contributed by atoms with Crippen LogP contribution < -0.4 is 5.73 Å². The van der Waals surface area contributed by atoms with E-state index in [1.807, 2.05) is 0 Å². The Balaban J connectivity index is 1.30. The molecule has 4 fully saturated rings. The van der Waals surface area contributed by atoms with Crippen molar-refractivity contribution in [3.05, 3.63) is 23.8 Å². The lowest BCUT2D eigenvalue weighted by Gasteiger charge is -2.61. The van der Waals surface area contributed by atoms with E-state index in [9.17, 15) is 5.11 Å². The van der Waals surface area contributed by atoms with Gasteiger partial charge >= 0.3 is 0 Å². The first-order valence-electron chi connectivity index (χ1n) is 12.3. The predicted molar refractivity (Wildman–Crippen MR) is 121 cm³/mol. The van der Waals surface area contributed by atoms with Gasteiger partial charge in [0.05, 0.1) is 11.6 Å². The summed E-state index contributed by atoms with van der Waals surface area (Å²) in [6.07, 6.45) is 11.4. The maximum atomic E-state index is 10.3. The van der Waals surface area contributed by atoms with Gasteiger partial charge in [-0.15, -0.1) is 0 Å². The molecule has 0 radical (unpaired) electrons. The number of hydrogen-bond donors (Lipinski definition) is 3. The van der Waals surface area contributed by atoms with Crippen LogP contribution in [0.5, 0.6) is 0 Å². The summed E-state index contributed by atoms with van der Waals surface area (Å²) < 4.78 is 0. The second kappa shape index (κ2) is 6.48. The number of nitrogens with one attached hydrogen (secondary N) is 1. The molecule has 6 rings (SSSR count). The van der Waals surface area contributed by atoms with Crippen LogP contribution in [-0.4, -0.2) is 21.4 Å². The van der Waals surface area contributed by atoms with Crippen LogP contribution in [0.2, 0.25) is 0 Å². The molecule has 4 nitrogen and oxygen atoms in total. The Hall–Kier alpha value is -1.55. The number of aliphatic hydroxyl groups excluding tert-OH is 1. The van der Waals surface area contributed by atoms with Crippen LogP contribution in [0.15, 0.2) is 18.2 Å². The van der Waals surface area contributed by atoms with E-state index in [4.69, 9.17) is 5.73 Å². The topological polar surface area (TPSA) is 74.9 Å². The molecule has 0 saturated heterocycles. The van der Waals surface area contributed by atoms with Gasteiger partial charge in [-0.05, 0) is 116 Å². The molecule has 1 aromatic carbocycles. The number of aromatic nitrogens is 2. The van der Waals surface area contributed by atoms with Gasteiger partial charge in [0.2, 0.25) is 0 Å². The van der Waals surface area contributed by atoms with Crippen molar-refractivity contribution in [3.63, 3.8) is 0 Å². The number of rotatable bonds is 1. The monoisotopic (exact) mass is 407 g/mol. The summed E-state index contributed by atoms with van der Waals surface area (Å²) in [7, 11) is 0. The van der Waals surface area contributed by atoms with Gasteiger partial charge in [0, 0.05) is 5.39 Å². The maximum Gasteiger partial charge on any atom is 0.153 e. The average molecular weight is 408 g/mol. The van der Waals surface area contributed by atoms with E-state index < -0.39 is 0 Å². The van der Waals surface area contributed by atoms with Crippen LogP contribution in [0.4, 0.5) is 5.82 Å². The quantitative estimate of drug-likeness (QED) is 0.573. The fourth-order valence-electron chi connectivity index (χ4n) is 9.06. The second-order valence-electron chi connectivity index (χ2n) is 11.7. The first-order valence-corrected chi connectivity index (χ1v) is 12.3. The largest absolute Gasteiger partial charge is 0.393 e. The summed E-state index contributed by atoms with van der Waals surface area (Å²) in [5.74, 6) is 4.61. The fourth-order valence-corrected chi connectivity index (χ4v) is 9.06. The zero-order chi connectivity index (χ0) is 20.7. The summed E-state index contributed by atoms with van der Waals surface area (Å²) >= 11 is 0. The summed E-state index contributed by atoms with van der Waals surface area (Å²) in [6, 6.07) is 6.81. The van der Waals surface area contributed by atoms with Crippen molar-refractivity contribution in [2.24, 2.45) is 34.5 Å². The molecule has 0 bridgehead atoms. The normalized spacial score (nSPS) is 45.7. The molecule has 30 heavy (non-hydrogen) atoms. The van der Waals surface area contributed by atoms with Crippen molar-refractivity contribution in [2.75, 3.05) is 5.73 Å². The van der Waals surface area contributed by atoms with Gasteiger partial charge in [-0.3, -0.25) is 5.10 Å². The highest BCUT2D eigenvalue weighted by atomic mass is 16.3. The number of nitrogens with two attached hydrogens (primary N) is 1. The number of anilines is 1. The Kier molecular flexibility index (Phi) is 4.14. The summed E-state index contributed by atoms with van der Waals surface area (Å²) in [5.41, 5.74) is 9.45. The molecule has 8 atom stereocenters. The molecule has 1 aromatic heterocycles. The van der Waals surface area contributed by atoms with Gasteiger partial charge in [0.1, 0.15) is 0 Å². The van der Waals surface area contributed by atoms with Crippen LogP contribution in [0.1, 0.15) is 83.1 Å². The zero-order valence-electron chi connectivity index (χ0n) is 18.5. The van der Waals surface area contributed by atoms with Gasteiger partial charge in [-0.25, -0.2) is 0 Å². The predicted octanol–water partition coefficient (Wildman–Crippen LogP) is 5.63. The van der Waals surface area contributed by atoms with Crippen molar-refractivity contribution in [3.8, 4) is 0 Å². The third-order valence-corrected chi connectivity index (χ3v) is 10.7. The first kappa shape index (κ1) is 19.2. The summed E-state index contributed by atoms with van der Waals surface area (Å²) in [6.45, 7) is 5.20. The molecule has 0 aliphatic heterocycles. The van der Waals surface area contributed by atoms with Crippen molar-refractivity contribution in [1.82, 2.24) is 10.2 Å². The highest BCUT2D eigenvalue weighted by Gasteiger charge is 2.60. The number of nitrogens with zero attached hydrogens (tertiary/aromatic N) is 1. The van der Waals surface area contributed by atoms with Gasteiger partial charge in [-0.1, -0.05) is 19.9 Å². The lowest BCUT2D eigenvalue weighted by Crippen LogP contribution is -2.53.